The van der Waals surface area contributed by atoms with Crippen LogP contribution in [0.4, 0.5) is 0 Å². The lowest BCUT2D eigenvalue weighted by Gasteiger charge is -2.21. The number of hydrogen-bond acceptors (Lipinski definition) is 2. The Morgan fingerprint density at radius 3 is 2.33 bits per heavy atom. The molecule has 0 unspecified atom stereocenters. The van der Waals surface area contributed by atoms with E-state index in [1.54, 1.807) is 19.1 Å². The van der Waals surface area contributed by atoms with Crippen LogP contribution in [0.15, 0.2) is 36.4 Å². The normalized spacial score (nSPS) is 13.2. The third kappa shape index (κ3) is 4.30. The Morgan fingerprint density at radius 2 is 1.67 bits per heavy atom. The smallest absolute Gasteiger partial charge is 0.261 e. The first-order valence-corrected chi connectivity index (χ1v) is 8.46. The minimum absolute atomic E-state index is 0.0888. The van der Waals surface area contributed by atoms with E-state index in [9.17, 15) is 4.79 Å². The Kier molecular flexibility index (Phi) is 5.89. The van der Waals surface area contributed by atoms with Gasteiger partial charge in [0, 0.05) is 0 Å². The molecule has 0 heterocycles. The van der Waals surface area contributed by atoms with Crippen molar-refractivity contribution in [3.05, 3.63) is 63.7 Å². The molecule has 1 amide bonds. The maximum Gasteiger partial charge on any atom is 0.261 e. The van der Waals surface area contributed by atoms with Crippen LogP contribution in [0.3, 0.4) is 0 Å². The summed E-state index contributed by atoms with van der Waals surface area (Å²) in [4.78, 5) is 12.4. The SMILES string of the molecule is Cc1cc(C)c([C@H](C)NC(=O)[C@@H](C)Oc2ccccc2Cl)cc1C. The Morgan fingerprint density at radius 1 is 1.04 bits per heavy atom. The van der Waals surface area contributed by atoms with Gasteiger partial charge < -0.3 is 10.1 Å². The molecule has 2 rings (SSSR count). The van der Waals surface area contributed by atoms with E-state index in [4.69, 9.17) is 16.3 Å². The van der Waals surface area contributed by atoms with Gasteiger partial charge in [0.1, 0.15) is 5.75 Å². The van der Waals surface area contributed by atoms with Crippen molar-refractivity contribution >= 4 is 17.5 Å². The number of para-hydroxylation sites is 1. The van der Waals surface area contributed by atoms with Crippen molar-refractivity contribution in [1.82, 2.24) is 5.32 Å². The minimum atomic E-state index is -0.626. The van der Waals surface area contributed by atoms with Crippen molar-refractivity contribution in [1.29, 1.82) is 0 Å². The molecule has 128 valence electrons. The van der Waals surface area contributed by atoms with Crippen LogP contribution in [0.1, 0.15) is 42.1 Å². The summed E-state index contributed by atoms with van der Waals surface area (Å²) in [5.41, 5.74) is 4.77. The van der Waals surface area contributed by atoms with E-state index >= 15 is 0 Å². The average molecular weight is 346 g/mol. The Labute approximate surface area is 149 Å². The van der Waals surface area contributed by atoms with Gasteiger partial charge in [-0.15, -0.1) is 0 Å². The van der Waals surface area contributed by atoms with E-state index in [1.807, 2.05) is 19.1 Å². The van der Waals surface area contributed by atoms with Crippen LogP contribution in [-0.4, -0.2) is 12.0 Å². The van der Waals surface area contributed by atoms with Crippen LogP contribution in [0.5, 0.6) is 5.75 Å². The van der Waals surface area contributed by atoms with Crippen LogP contribution in [-0.2, 0) is 4.79 Å². The van der Waals surface area contributed by atoms with Crippen LogP contribution in [0.2, 0.25) is 5.02 Å². The van der Waals surface area contributed by atoms with Gasteiger partial charge in [-0.3, -0.25) is 4.79 Å². The maximum atomic E-state index is 12.4. The van der Waals surface area contributed by atoms with Gasteiger partial charge in [-0.2, -0.15) is 0 Å². The average Bonchev–Trinajstić information content (AvgIpc) is 2.52. The molecule has 0 aromatic heterocycles. The summed E-state index contributed by atoms with van der Waals surface area (Å²) in [5, 5.41) is 3.51. The van der Waals surface area contributed by atoms with Gasteiger partial charge in [0.2, 0.25) is 0 Å². The molecule has 0 aliphatic rings. The van der Waals surface area contributed by atoms with E-state index in [-0.39, 0.29) is 11.9 Å². The summed E-state index contributed by atoms with van der Waals surface area (Å²) in [7, 11) is 0. The van der Waals surface area contributed by atoms with Gasteiger partial charge in [0.15, 0.2) is 6.10 Å². The zero-order valence-electron chi connectivity index (χ0n) is 14.8. The van der Waals surface area contributed by atoms with Crippen LogP contribution >= 0.6 is 11.6 Å². The zero-order chi connectivity index (χ0) is 17.9. The molecule has 0 saturated carbocycles. The molecule has 3 nitrogen and oxygen atoms in total. The molecule has 0 saturated heterocycles. The fourth-order valence-electron chi connectivity index (χ4n) is 2.64. The maximum absolute atomic E-state index is 12.4. The highest BCUT2D eigenvalue weighted by Gasteiger charge is 2.19. The highest BCUT2D eigenvalue weighted by atomic mass is 35.5. The summed E-state index contributed by atoms with van der Waals surface area (Å²) < 4.78 is 5.67. The highest BCUT2D eigenvalue weighted by Crippen LogP contribution is 2.25. The first kappa shape index (κ1) is 18.3. The van der Waals surface area contributed by atoms with Crippen molar-refractivity contribution in [3.8, 4) is 5.75 Å². The summed E-state index contributed by atoms with van der Waals surface area (Å²) >= 11 is 6.07. The molecule has 0 fully saturated rings. The first-order valence-electron chi connectivity index (χ1n) is 8.09. The molecule has 2 atom stereocenters. The molecule has 1 N–H and O–H groups in total. The third-order valence-electron chi connectivity index (χ3n) is 4.22. The lowest BCUT2D eigenvalue weighted by atomic mass is 9.96. The molecule has 0 aliphatic carbocycles. The second kappa shape index (κ2) is 7.71. The number of aryl methyl sites for hydroxylation is 3. The molecular formula is C20H24ClNO2. The quantitative estimate of drug-likeness (QED) is 0.836. The number of halogens is 1. The molecule has 0 spiro atoms. The summed E-state index contributed by atoms with van der Waals surface area (Å²) in [6.07, 6.45) is -0.626. The van der Waals surface area contributed by atoms with Gasteiger partial charge >= 0.3 is 0 Å². The lowest BCUT2D eigenvalue weighted by Crippen LogP contribution is -2.38. The van der Waals surface area contributed by atoms with Gasteiger partial charge in [0.25, 0.3) is 5.91 Å². The van der Waals surface area contributed by atoms with E-state index in [1.165, 1.54) is 16.7 Å². The molecule has 24 heavy (non-hydrogen) atoms. The number of carbonyl (C=O) groups is 1. The van der Waals surface area contributed by atoms with Crippen molar-refractivity contribution < 1.29 is 9.53 Å². The van der Waals surface area contributed by atoms with E-state index in [0.29, 0.717) is 10.8 Å². The second-order valence-corrected chi connectivity index (χ2v) is 6.62. The third-order valence-corrected chi connectivity index (χ3v) is 4.53. The van der Waals surface area contributed by atoms with E-state index < -0.39 is 6.10 Å². The Bertz CT molecular complexity index is 742. The molecular weight excluding hydrogens is 322 g/mol. The molecule has 0 aliphatic heterocycles. The van der Waals surface area contributed by atoms with E-state index in [2.05, 4.69) is 38.2 Å². The van der Waals surface area contributed by atoms with Crippen LogP contribution in [0, 0.1) is 20.8 Å². The zero-order valence-corrected chi connectivity index (χ0v) is 15.6. The second-order valence-electron chi connectivity index (χ2n) is 6.21. The van der Waals surface area contributed by atoms with Gasteiger partial charge in [0.05, 0.1) is 11.1 Å². The fraction of sp³-hybridized carbons (Fsp3) is 0.350. The highest BCUT2D eigenvalue weighted by molar-refractivity contribution is 6.32. The Hall–Kier alpha value is -2.00. The number of ether oxygens (including phenoxy) is 1. The lowest BCUT2D eigenvalue weighted by molar-refractivity contribution is -0.127. The fourth-order valence-corrected chi connectivity index (χ4v) is 2.82. The molecule has 0 radical (unpaired) electrons. The van der Waals surface area contributed by atoms with Crippen LogP contribution < -0.4 is 10.1 Å². The number of rotatable bonds is 5. The van der Waals surface area contributed by atoms with Crippen molar-refractivity contribution in [3.63, 3.8) is 0 Å². The molecule has 4 heteroatoms. The van der Waals surface area contributed by atoms with E-state index in [0.717, 1.165) is 5.56 Å². The van der Waals surface area contributed by atoms with Gasteiger partial charge in [-0.05, 0) is 69.0 Å². The topological polar surface area (TPSA) is 38.3 Å². The number of amides is 1. The summed E-state index contributed by atoms with van der Waals surface area (Å²) in [5.74, 6) is 0.344. The Balaban J connectivity index is 2.06. The molecule has 0 bridgehead atoms. The minimum Gasteiger partial charge on any atom is -0.479 e. The van der Waals surface area contributed by atoms with Crippen LogP contribution in [0.25, 0.3) is 0 Å². The number of nitrogens with one attached hydrogen (secondary N) is 1. The monoisotopic (exact) mass is 345 g/mol. The van der Waals surface area contributed by atoms with Crippen molar-refractivity contribution in [2.45, 2.75) is 46.8 Å². The van der Waals surface area contributed by atoms with Gasteiger partial charge in [-0.25, -0.2) is 0 Å². The standard InChI is InChI=1S/C20H24ClNO2/c1-12-10-14(3)17(11-13(12)2)15(4)22-20(23)16(5)24-19-9-7-6-8-18(19)21/h6-11,15-16H,1-5H3,(H,22,23)/t15-,16+/m0/s1. The predicted octanol–water partition coefficient (Wildman–Crippen LogP) is 4.91. The number of carbonyl (C=O) groups excluding carboxylic acids is 1. The predicted molar refractivity (Wildman–Crippen MR) is 98.8 cm³/mol. The van der Waals surface area contributed by atoms with Crippen molar-refractivity contribution in [2.75, 3.05) is 0 Å². The molecule has 2 aromatic rings. The van der Waals surface area contributed by atoms with Crippen molar-refractivity contribution in [2.24, 2.45) is 0 Å². The summed E-state index contributed by atoms with van der Waals surface area (Å²) in [6.45, 7) is 9.94. The van der Waals surface area contributed by atoms with Gasteiger partial charge in [-0.1, -0.05) is 35.9 Å². The largest absolute Gasteiger partial charge is 0.479 e. The molecule has 2 aromatic carbocycles. The number of benzene rings is 2. The first-order chi connectivity index (χ1) is 11.3. The summed E-state index contributed by atoms with van der Waals surface area (Å²) in [6, 6.07) is 11.3. The number of hydrogen-bond donors (Lipinski definition) is 1.